The first-order chi connectivity index (χ1) is 6.98. The number of rotatable bonds is 2. The summed E-state index contributed by atoms with van der Waals surface area (Å²) in [5, 5.41) is 0. The first-order valence-electron chi connectivity index (χ1n) is 5.30. The van der Waals surface area contributed by atoms with Crippen molar-refractivity contribution in [1.29, 1.82) is 0 Å². The van der Waals surface area contributed by atoms with Crippen LogP contribution in [0.25, 0.3) is 0 Å². The summed E-state index contributed by atoms with van der Waals surface area (Å²) < 4.78 is 19.4. The van der Waals surface area contributed by atoms with Crippen LogP contribution < -0.4 is 4.74 Å². The highest BCUT2D eigenvalue weighted by Crippen LogP contribution is 2.32. The molecule has 82 valence electrons. The molecule has 1 saturated carbocycles. The maximum Gasteiger partial charge on any atom is 0.187 e. The number of halogens is 1. The average Bonchev–Trinajstić information content (AvgIpc) is 2.90. The van der Waals surface area contributed by atoms with Crippen LogP contribution in [0.4, 0.5) is 4.39 Å². The number of hydrogen-bond acceptors (Lipinski definition) is 2. The zero-order valence-electron chi connectivity index (χ0n) is 9.38. The van der Waals surface area contributed by atoms with E-state index < -0.39 is 0 Å². The molecular formula is C12H16FNO. The highest BCUT2D eigenvalue weighted by Gasteiger charge is 2.28. The van der Waals surface area contributed by atoms with Crippen LogP contribution in [0.3, 0.4) is 0 Å². The summed E-state index contributed by atoms with van der Waals surface area (Å²) in [7, 11) is 0. The number of pyridine rings is 1. The third-order valence-electron chi connectivity index (χ3n) is 2.38. The molecule has 2 nitrogen and oxygen atoms in total. The van der Waals surface area contributed by atoms with Crippen molar-refractivity contribution in [3.63, 3.8) is 0 Å². The van der Waals surface area contributed by atoms with Crippen LogP contribution in [-0.2, 0) is 5.41 Å². The molecule has 0 N–H and O–H groups in total. The van der Waals surface area contributed by atoms with Crippen LogP contribution in [0.15, 0.2) is 12.3 Å². The van der Waals surface area contributed by atoms with E-state index in [1.165, 1.54) is 0 Å². The van der Waals surface area contributed by atoms with Crippen LogP contribution in [0.2, 0.25) is 0 Å². The summed E-state index contributed by atoms with van der Waals surface area (Å²) >= 11 is 0. The Kier molecular flexibility index (Phi) is 2.41. The van der Waals surface area contributed by atoms with E-state index in [0.29, 0.717) is 11.4 Å². The van der Waals surface area contributed by atoms with Crippen molar-refractivity contribution in [2.24, 2.45) is 0 Å². The van der Waals surface area contributed by atoms with Gasteiger partial charge in [0.25, 0.3) is 0 Å². The zero-order valence-corrected chi connectivity index (χ0v) is 9.38. The van der Waals surface area contributed by atoms with Crippen molar-refractivity contribution in [3.8, 4) is 5.75 Å². The van der Waals surface area contributed by atoms with Gasteiger partial charge in [0.15, 0.2) is 11.6 Å². The second-order valence-electron chi connectivity index (χ2n) is 5.04. The van der Waals surface area contributed by atoms with Gasteiger partial charge >= 0.3 is 0 Å². The molecule has 0 radical (unpaired) electrons. The van der Waals surface area contributed by atoms with Gasteiger partial charge < -0.3 is 4.74 Å². The van der Waals surface area contributed by atoms with E-state index in [1.54, 1.807) is 12.3 Å². The molecule has 0 amide bonds. The summed E-state index contributed by atoms with van der Waals surface area (Å²) in [6.07, 6.45) is 3.90. The lowest BCUT2D eigenvalue weighted by Crippen LogP contribution is -2.16. The van der Waals surface area contributed by atoms with Crippen molar-refractivity contribution >= 4 is 0 Å². The third-order valence-corrected chi connectivity index (χ3v) is 2.38. The molecule has 0 spiro atoms. The standard InChI is InChI=1S/C12H16FNO/c1-12(2,3)11-10(13)9(6-7-14-11)15-8-4-5-8/h6-8H,4-5H2,1-3H3. The highest BCUT2D eigenvalue weighted by molar-refractivity contribution is 5.29. The van der Waals surface area contributed by atoms with Crippen molar-refractivity contribution in [2.45, 2.75) is 45.1 Å². The normalized spacial score (nSPS) is 16.5. The summed E-state index contributed by atoms with van der Waals surface area (Å²) in [5.41, 5.74) is 0.188. The molecule has 2 rings (SSSR count). The number of nitrogens with zero attached hydrogens (tertiary/aromatic N) is 1. The first-order valence-corrected chi connectivity index (χ1v) is 5.30. The Hall–Kier alpha value is -1.12. The smallest absolute Gasteiger partial charge is 0.187 e. The van der Waals surface area contributed by atoms with Crippen LogP contribution in [0.1, 0.15) is 39.3 Å². The van der Waals surface area contributed by atoms with Crippen LogP contribution >= 0.6 is 0 Å². The van der Waals surface area contributed by atoms with E-state index in [1.807, 2.05) is 20.8 Å². The Morgan fingerprint density at radius 3 is 2.60 bits per heavy atom. The SMILES string of the molecule is CC(C)(C)c1nccc(OC2CC2)c1F. The van der Waals surface area contributed by atoms with Crippen LogP contribution in [0, 0.1) is 5.82 Å². The summed E-state index contributed by atoms with van der Waals surface area (Å²) in [6.45, 7) is 5.83. The fourth-order valence-corrected chi connectivity index (χ4v) is 1.41. The predicted octanol–water partition coefficient (Wildman–Crippen LogP) is 3.06. The molecule has 0 bridgehead atoms. The monoisotopic (exact) mass is 209 g/mol. The molecule has 1 aliphatic rings. The largest absolute Gasteiger partial charge is 0.487 e. The minimum Gasteiger partial charge on any atom is -0.487 e. The minimum absolute atomic E-state index is 0.217. The molecule has 0 aromatic carbocycles. The second-order valence-corrected chi connectivity index (χ2v) is 5.04. The van der Waals surface area contributed by atoms with Gasteiger partial charge in [0.1, 0.15) is 0 Å². The Labute approximate surface area is 89.5 Å². The molecule has 1 aromatic heterocycles. The molecule has 1 aromatic rings. The van der Waals surface area contributed by atoms with Crippen molar-refractivity contribution in [2.75, 3.05) is 0 Å². The van der Waals surface area contributed by atoms with Gasteiger partial charge in [0, 0.05) is 17.7 Å². The first kappa shape index (κ1) is 10.4. The van der Waals surface area contributed by atoms with Crippen molar-refractivity contribution in [1.82, 2.24) is 4.98 Å². The second kappa shape index (κ2) is 3.47. The lowest BCUT2D eigenvalue weighted by atomic mass is 9.91. The third kappa shape index (κ3) is 2.28. The molecule has 15 heavy (non-hydrogen) atoms. The van der Waals surface area contributed by atoms with Gasteiger partial charge in [0.05, 0.1) is 11.8 Å². The van der Waals surface area contributed by atoms with Gasteiger partial charge in [-0.05, 0) is 12.8 Å². The molecule has 1 aliphatic carbocycles. The van der Waals surface area contributed by atoms with Gasteiger partial charge in [-0.25, -0.2) is 4.39 Å². The maximum atomic E-state index is 14.0. The van der Waals surface area contributed by atoms with Gasteiger partial charge in [-0.3, -0.25) is 4.98 Å². The lowest BCUT2D eigenvalue weighted by Gasteiger charge is -2.19. The highest BCUT2D eigenvalue weighted by atomic mass is 19.1. The van der Waals surface area contributed by atoms with E-state index >= 15 is 0 Å². The van der Waals surface area contributed by atoms with E-state index in [2.05, 4.69) is 4.98 Å². The van der Waals surface area contributed by atoms with E-state index in [9.17, 15) is 4.39 Å². The average molecular weight is 209 g/mol. The van der Waals surface area contributed by atoms with Gasteiger partial charge in [-0.15, -0.1) is 0 Å². The Bertz CT molecular complexity index is 366. The molecule has 0 saturated heterocycles. The number of aromatic nitrogens is 1. The van der Waals surface area contributed by atoms with Gasteiger partial charge in [-0.2, -0.15) is 0 Å². The summed E-state index contributed by atoms with van der Waals surface area (Å²) in [6, 6.07) is 1.60. The predicted molar refractivity (Wildman–Crippen MR) is 56.5 cm³/mol. The Morgan fingerprint density at radius 1 is 1.40 bits per heavy atom. The zero-order chi connectivity index (χ0) is 11.1. The Balaban J connectivity index is 2.31. The van der Waals surface area contributed by atoms with Crippen molar-refractivity contribution < 1.29 is 9.13 Å². The number of hydrogen-bond donors (Lipinski definition) is 0. The molecule has 1 fully saturated rings. The molecule has 0 aliphatic heterocycles. The van der Waals surface area contributed by atoms with Gasteiger partial charge in [0.2, 0.25) is 0 Å². The van der Waals surface area contributed by atoms with Crippen LogP contribution in [-0.4, -0.2) is 11.1 Å². The molecule has 1 heterocycles. The van der Waals surface area contributed by atoms with Crippen molar-refractivity contribution in [3.05, 3.63) is 23.8 Å². The van der Waals surface area contributed by atoms with E-state index in [0.717, 1.165) is 12.8 Å². The van der Waals surface area contributed by atoms with Gasteiger partial charge in [-0.1, -0.05) is 20.8 Å². The molecule has 0 unspecified atom stereocenters. The summed E-state index contributed by atoms with van der Waals surface area (Å²) in [4.78, 5) is 4.08. The number of ether oxygens (including phenoxy) is 1. The van der Waals surface area contributed by atoms with E-state index in [4.69, 9.17) is 4.74 Å². The lowest BCUT2D eigenvalue weighted by molar-refractivity contribution is 0.283. The maximum absolute atomic E-state index is 14.0. The topological polar surface area (TPSA) is 22.1 Å². The minimum atomic E-state index is -0.308. The molecule has 3 heteroatoms. The van der Waals surface area contributed by atoms with E-state index in [-0.39, 0.29) is 17.3 Å². The summed E-state index contributed by atoms with van der Waals surface area (Å²) in [5.74, 6) is 0.0364. The quantitative estimate of drug-likeness (QED) is 0.746. The molecule has 0 atom stereocenters. The fourth-order valence-electron chi connectivity index (χ4n) is 1.41. The van der Waals surface area contributed by atoms with Crippen LogP contribution in [0.5, 0.6) is 5.75 Å². The molecular weight excluding hydrogens is 193 g/mol. The fraction of sp³-hybridized carbons (Fsp3) is 0.583. The Morgan fingerprint density at radius 2 is 2.07 bits per heavy atom.